The standard InChI is InChI=1S/C11H9NO3/c1-7-5-8(3-2-4-13)10(12)9(6-7)11(14)15/h4-6H,12H2,1H3,(H,14,15). The van der Waals surface area contributed by atoms with Gasteiger partial charge >= 0.3 is 5.97 Å². The first kappa shape index (κ1) is 10.8. The molecule has 0 heterocycles. The van der Waals surface area contributed by atoms with Gasteiger partial charge in [-0.3, -0.25) is 4.79 Å². The van der Waals surface area contributed by atoms with Crippen LogP contribution in [0.4, 0.5) is 5.69 Å². The van der Waals surface area contributed by atoms with E-state index in [2.05, 4.69) is 11.8 Å². The van der Waals surface area contributed by atoms with Crippen LogP contribution in [0.5, 0.6) is 0 Å². The summed E-state index contributed by atoms with van der Waals surface area (Å²) in [7, 11) is 0. The Kier molecular flexibility index (Phi) is 3.09. The summed E-state index contributed by atoms with van der Waals surface area (Å²) in [6, 6.07) is 3.10. The van der Waals surface area contributed by atoms with E-state index in [0.717, 1.165) is 5.56 Å². The number of nitrogen functional groups attached to an aromatic ring is 1. The highest BCUT2D eigenvalue weighted by atomic mass is 16.4. The fourth-order valence-corrected chi connectivity index (χ4v) is 1.19. The summed E-state index contributed by atoms with van der Waals surface area (Å²) in [5, 5.41) is 8.84. The van der Waals surface area contributed by atoms with Gasteiger partial charge < -0.3 is 10.8 Å². The van der Waals surface area contributed by atoms with E-state index in [1.807, 2.05) is 0 Å². The van der Waals surface area contributed by atoms with E-state index < -0.39 is 5.97 Å². The van der Waals surface area contributed by atoms with Gasteiger partial charge in [-0.15, -0.1) is 0 Å². The van der Waals surface area contributed by atoms with Crippen molar-refractivity contribution in [3.8, 4) is 11.8 Å². The van der Waals surface area contributed by atoms with Gasteiger partial charge in [-0.05, 0) is 30.5 Å². The molecule has 0 radical (unpaired) electrons. The van der Waals surface area contributed by atoms with Crippen LogP contribution >= 0.6 is 0 Å². The van der Waals surface area contributed by atoms with Crippen molar-refractivity contribution >= 4 is 17.9 Å². The average molecular weight is 203 g/mol. The minimum atomic E-state index is -1.11. The number of rotatable bonds is 1. The fourth-order valence-electron chi connectivity index (χ4n) is 1.19. The highest BCUT2D eigenvalue weighted by Crippen LogP contribution is 2.19. The van der Waals surface area contributed by atoms with Gasteiger partial charge in [-0.1, -0.05) is 5.92 Å². The Bertz CT molecular complexity index is 481. The molecule has 0 spiro atoms. The zero-order chi connectivity index (χ0) is 11.4. The van der Waals surface area contributed by atoms with Crippen molar-refractivity contribution in [2.75, 3.05) is 5.73 Å². The predicted octanol–water partition coefficient (Wildman–Crippen LogP) is 0.826. The van der Waals surface area contributed by atoms with Crippen molar-refractivity contribution in [1.82, 2.24) is 0 Å². The van der Waals surface area contributed by atoms with Crippen molar-refractivity contribution in [2.24, 2.45) is 0 Å². The first-order chi connectivity index (χ1) is 7.06. The molecule has 0 aliphatic rings. The van der Waals surface area contributed by atoms with E-state index in [9.17, 15) is 9.59 Å². The number of hydrogen-bond donors (Lipinski definition) is 2. The largest absolute Gasteiger partial charge is 0.478 e. The summed E-state index contributed by atoms with van der Waals surface area (Å²) in [6.07, 6.45) is 0.433. The van der Waals surface area contributed by atoms with Crippen LogP contribution in [-0.4, -0.2) is 17.4 Å². The maximum atomic E-state index is 10.8. The number of hydrogen-bond acceptors (Lipinski definition) is 3. The van der Waals surface area contributed by atoms with Crippen molar-refractivity contribution in [1.29, 1.82) is 0 Å². The van der Waals surface area contributed by atoms with E-state index in [1.54, 1.807) is 13.0 Å². The molecule has 76 valence electrons. The van der Waals surface area contributed by atoms with Gasteiger partial charge in [0, 0.05) is 5.56 Å². The van der Waals surface area contributed by atoms with Crippen LogP contribution in [0.25, 0.3) is 0 Å². The second-order valence-corrected chi connectivity index (χ2v) is 2.97. The quantitative estimate of drug-likeness (QED) is 0.402. The molecule has 3 N–H and O–H groups in total. The SMILES string of the molecule is Cc1cc(C#CC=O)c(N)c(C(=O)O)c1. The lowest BCUT2D eigenvalue weighted by Crippen LogP contribution is -2.05. The van der Waals surface area contributed by atoms with Gasteiger partial charge in [0.15, 0.2) is 6.29 Å². The average Bonchev–Trinajstić information content (AvgIpc) is 2.18. The number of aldehydes is 1. The Morgan fingerprint density at radius 2 is 2.20 bits per heavy atom. The number of aromatic carboxylic acids is 1. The van der Waals surface area contributed by atoms with Gasteiger partial charge in [-0.2, -0.15) is 0 Å². The molecular formula is C11H9NO3. The van der Waals surface area contributed by atoms with Crippen LogP contribution in [0.3, 0.4) is 0 Å². The number of carbonyl (C=O) groups is 2. The Morgan fingerprint density at radius 1 is 1.53 bits per heavy atom. The third kappa shape index (κ3) is 2.35. The molecule has 1 aromatic rings. The molecule has 1 rings (SSSR count). The molecule has 0 amide bonds. The van der Waals surface area contributed by atoms with E-state index in [-0.39, 0.29) is 11.3 Å². The number of aryl methyl sites for hydroxylation is 1. The van der Waals surface area contributed by atoms with Crippen LogP contribution in [-0.2, 0) is 4.79 Å². The zero-order valence-corrected chi connectivity index (χ0v) is 8.07. The highest BCUT2D eigenvalue weighted by Gasteiger charge is 2.11. The second-order valence-electron chi connectivity index (χ2n) is 2.97. The molecule has 15 heavy (non-hydrogen) atoms. The van der Waals surface area contributed by atoms with Crippen LogP contribution in [0.2, 0.25) is 0 Å². The summed E-state index contributed by atoms with van der Waals surface area (Å²) in [5.74, 6) is 3.58. The Morgan fingerprint density at radius 3 is 2.73 bits per heavy atom. The van der Waals surface area contributed by atoms with Crippen molar-refractivity contribution in [3.63, 3.8) is 0 Å². The lowest BCUT2D eigenvalue weighted by atomic mass is 10.0. The number of benzene rings is 1. The predicted molar refractivity (Wildman–Crippen MR) is 55.5 cm³/mol. The summed E-state index contributed by atoms with van der Waals surface area (Å²) >= 11 is 0. The minimum absolute atomic E-state index is 0.00481. The molecule has 0 aliphatic heterocycles. The number of carboxylic acid groups (broad SMARTS) is 1. The van der Waals surface area contributed by atoms with Crippen LogP contribution in [0.1, 0.15) is 21.5 Å². The highest BCUT2D eigenvalue weighted by molar-refractivity contribution is 5.95. The van der Waals surface area contributed by atoms with Crippen LogP contribution in [0.15, 0.2) is 12.1 Å². The summed E-state index contributed by atoms with van der Waals surface area (Å²) in [5.41, 5.74) is 6.78. The summed E-state index contributed by atoms with van der Waals surface area (Å²) in [4.78, 5) is 20.9. The smallest absolute Gasteiger partial charge is 0.337 e. The Balaban J connectivity index is 3.40. The molecule has 4 nitrogen and oxygen atoms in total. The molecule has 0 aromatic heterocycles. The molecule has 0 saturated heterocycles. The Labute approximate surface area is 86.7 Å². The first-order valence-electron chi connectivity index (χ1n) is 4.15. The number of carbonyl (C=O) groups excluding carboxylic acids is 1. The van der Waals surface area contributed by atoms with Crippen molar-refractivity contribution in [3.05, 3.63) is 28.8 Å². The lowest BCUT2D eigenvalue weighted by Gasteiger charge is -2.04. The van der Waals surface area contributed by atoms with Crippen LogP contribution < -0.4 is 5.73 Å². The first-order valence-corrected chi connectivity index (χ1v) is 4.15. The molecule has 0 atom stereocenters. The Hall–Kier alpha value is -2.28. The van der Waals surface area contributed by atoms with Crippen molar-refractivity contribution in [2.45, 2.75) is 6.92 Å². The van der Waals surface area contributed by atoms with E-state index in [1.165, 1.54) is 6.07 Å². The monoisotopic (exact) mass is 203 g/mol. The van der Waals surface area contributed by atoms with Crippen molar-refractivity contribution < 1.29 is 14.7 Å². The zero-order valence-electron chi connectivity index (χ0n) is 8.07. The third-order valence-electron chi connectivity index (χ3n) is 1.82. The van der Waals surface area contributed by atoms with Gasteiger partial charge in [-0.25, -0.2) is 4.79 Å². The van der Waals surface area contributed by atoms with Crippen LogP contribution in [0, 0.1) is 18.8 Å². The second kappa shape index (κ2) is 4.29. The molecule has 0 saturated carbocycles. The molecule has 0 unspecified atom stereocenters. The van der Waals surface area contributed by atoms with E-state index >= 15 is 0 Å². The third-order valence-corrected chi connectivity index (χ3v) is 1.82. The molecular weight excluding hydrogens is 194 g/mol. The number of nitrogens with two attached hydrogens (primary N) is 1. The fraction of sp³-hybridized carbons (Fsp3) is 0.0909. The molecule has 0 fully saturated rings. The molecule has 0 bridgehead atoms. The molecule has 0 aliphatic carbocycles. The summed E-state index contributed by atoms with van der Waals surface area (Å²) < 4.78 is 0. The van der Waals surface area contributed by atoms with E-state index in [4.69, 9.17) is 10.8 Å². The number of carboxylic acids is 1. The molecule has 4 heteroatoms. The normalized spacial score (nSPS) is 8.87. The maximum absolute atomic E-state index is 10.8. The van der Waals surface area contributed by atoms with Gasteiger partial charge in [0.05, 0.1) is 11.3 Å². The van der Waals surface area contributed by atoms with Gasteiger partial charge in [0.25, 0.3) is 0 Å². The van der Waals surface area contributed by atoms with Gasteiger partial charge in [0.1, 0.15) is 0 Å². The summed E-state index contributed by atoms with van der Waals surface area (Å²) in [6.45, 7) is 1.73. The lowest BCUT2D eigenvalue weighted by molar-refractivity contribution is -0.103. The topological polar surface area (TPSA) is 80.4 Å². The number of anilines is 1. The minimum Gasteiger partial charge on any atom is -0.478 e. The molecule has 1 aromatic carbocycles. The van der Waals surface area contributed by atoms with E-state index in [0.29, 0.717) is 11.8 Å². The van der Waals surface area contributed by atoms with Gasteiger partial charge in [0.2, 0.25) is 0 Å². The maximum Gasteiger partial charge on any atom is 0.337 e.